The topological polar surface area (TPSA) is 46.3 Å². The zero-order chi connectivity index (χ0) is 13.1. The van der Waals surface area contributed by atoms with E-state index in [1.54, 1.807) is 12.1 Å². The maximum Gasteiger partial charge on any atom is 0.239 e. The van der Waals surface area contributed by atoms with E-state index in [-0.39, 0.29) is 23.8 Å². The third kappa shape index (κ3) is 2.88. The SMILES string of the molecule is CC(Cc1ccc(F)cc1)N1CCCC(N)C1=O. The summed E-state index contributed by atoms with van der Waals surface area (Å²) in [7, 11) is 0. The summed E-state index contributed by atoms with van der Waals surface area (Å²) in [5, 5.41) is 0. The van der Waals surface area contributed by atoms with E-state index in [1.807, 2.05) is 11.8 Å². The number of amides is 1. The Labute approximate surface area is 107 Å². The molecule has 1 aromatic carbocycles. The van der Waals surface area contributed by atoms with Crippen LogP contribution in [0.25, 0.3) is 0 Å². The predicted octanol–water partition coefficient (Wildman–Crippen LogP) is 1.71. The zero-order valence-corrected chi connectivity index (χ0v) is 10.6. The fourth-order valence-electron chi connectivity index (χ4n) is 2.44. The highest BCUT2D eigenvalue weighted by Crippen LogP contribution is 2.16. The van der Waals surface area contributed by atoms with Gasteiger partial charge >= 0.3 is 0 Å². The smallest absolute Gasteiger partial charge is 0.239 e. The van der Waals surface area contributed by atoms with Gasteiger partial charge in [-0.05, 0) is 43.9 Å². The summed E-state index contributed by atoms with van der Waals surface area (Å²) >= 11 is 0. The Bertz CT molecular complexity index is 418. The molecule has 1 amide bonds. The Hall–Kier alpha value is -1.42. The third-order valence-electron chi connectivity index (χ3n) is 3.49. The minimum absolute atomic E-state index is 0.0378. The van der Waals surface area contributed by atoms with Crippen molar-refractivity contribution in [1.29, 1.82) is 0 Å². The van der Waals surface area contributed by atoms with Gasteiger partial charge in [-0.1, -0.05) is 12.1 Å². The van der Waals surface area contributed by atoms with Crippen LogP contribution < -0.4 is 5.73 Å². The highest BCUT2D eigenvalue weighted by molar-refractivity contribution is 5.82. The number of nitrogens with zero attached hydrogens (tertiary/aromatic N) is 1. The molecule has 0 aromatic heterocycles. The number of hydrogen-bond acceptors (Lipinski definition) is 2. The third-order valence-corrected chi connectivity index (χ3v) is 3.49. The van der Waals surface area contributed by atoms with Gasteiger partial charge in [0.05, 0.1) is 6.04 Å². The predicted molar refractivity (Wildman–Crippen MR) is 68.5 cm³/mol. The number of halogens is 1. The summed E-state index contributed by atoms with van der Waals surface area (Å²) in [4.78, 5) is 13.8. The van der Waals surface area contributed by atoms with Crippen LogP contribution in [0.2, 0.25) is 0 Å². The van der Waals surface area contributed by atoms with E-state index >= 15 is 0 Å². The minimum Gasteiger partial charge on any atom is -0.338 e. The minimum atomic E-state index is -0.352. The Morgan fingerprint density at radius 2 is 2.11 bits per heavy atom. The van der Waals surface area contributed by atoms with E-state index in [0.717, 1.165) is 31.4 Å². The molecule has 0 aliphatic carbocycles. The number of nitrogens with two attached hydrogens (primary N) is 1. The summed E-state index contributed by atoms with van der Waals surface area (Å²) in [6, 6.07) is 6.18. The highest BCUT2D eigenvalue weighted by Gasteiger charge is 2.28. The Kier molecular flexibility index (Phi) is 3.97. The first kappa shape index (κ1) is 13.0. The van der Waals surface area contributed by atoms with E-state index in [0.29, 0.717) is 0 Å². The monoisotopic (exact) mass is 250 g/mol. The zero-order valence-electron chi connectivity index (χ0n) is 10.6. The molecule has 2 unspecified atom stereocenters. The second-order valence-corrected chi connectivity index (χ2v) is 4.96. The number of hydrogen-bond donors (Lipinski definition) is 1. The fourth-order valence-corrected chi connectivity index (χ4v) is 2.44. The van der Waals surface area contributed by atoms with Gasteiger partial charge in [-0.15, -0.1) is 0 Å². The largest absolute Gasteiger partial charge is 0.338 e. The first-order valence-corrected chi connectivity index (χ1v) is 6.38. The standard InChI is InChI=1S/C14H19FN2O/c1-10(9-11-4-6-12(15)7-5-11)17-8-2-3-13(16)14(17)18/h4-7,10,13H,2-3,8-9,16H2,1H3. The van der Waals surface area contributed by atoms with Crippen molar-refractivity contribution < 1.29 is 9.18 Å². The van der Waals surface area contributed by atoms with E-state index < -0.39 is 0 Å². The first-order valence-electron chi connectivity index (χ1n) is 6.38. The maximum atomic E-state index is 12.8. The summed E-state index contributed by atoms with van der Waals surface area (Å²) in [5.74, 6) is -0.196. The second-order valence-electron chi connectivity index (χ2n) is 4.96. The number of carbonyl (C=O) groups excluding carboxylic acids is 1. The van der Waals surface area contributed by atoms with Crippen molar-refractivity contribution in [2.45, 2.75) is 38.3 Å². The molecule has 1 aliphatic rings. The van der Waals surface area contributed by atoms with Crippen LogP contribution in [0, 0.1) is 5.82 Å². The Balaban J connectivity index is 2.00. The number of likely N-dealkylation sites (tertiary alicyclic amines) is 1. The van der Waals surface area contributed by atoms with E-state index in [1.165, 1.54) is 12.1 Å². The molecular weight excluding hydrogens is 231 g/mol. The molecule has 3 nitrogen and oxygen atoms in total. The molecule has 0 spiro atoms. The van der Waals surface area contributed by atoms with Gasteiger partial charge in [0.2, 0.25) is 5.91 Å². The van der Waals surface area contributed by atoms with E-state index in [9.17, 15) is 9.18 Å². The average molecular weight is 250 g/mol. The first-order chi connectivity index (χ1) is 8.58. The number of carbonyl (C=O) groups is 1. The molecule has 1 aromatic rings. The second kappa shape index (κ2) is 5.48. The lowest BCUT2D eigenvalue weighted by Gasteiger charge is -2.35. The van der Waals surface area contributed by atoms with Gasteiger partial charge in [-0.3, -0.25) is 4.79 Å². The lowest BCUT2D eigenvalue weighted by atomic mass is 10.0. The molecule has 1 fully saturated rings. The van der Waals surface area contributed by atoms with Crippen LogP contribution in [-0.4, -0.2) is 29.4 Å². The van der Waals surface area contributed by atoms with Crippen LogP contribution in [0.15, 0.2) is 24.3 Å². The lowest BCUT2D eigenvalue weighted by molar-refractivity contribution is -0.137. The van der Waals surface area contributed by atoms with Gasteiger partial charge in [0.1, 0.15) is 5.82 Å². The molecule has 2 atom stereocenters. The number of piperidine rings is 1. The maximum absolute atomic E-state index is 12.8. The lowest BCUT2D eigenvalue weighted by Crippen LogP contribution is -2.52. The van der Waals surface area contributed by atoms with Crippen molar-refractivity contribution in [1.82, 2.24) is 4.90 Å². The molecule has 98 valence electrons. The van der Waals surface area contributed by atoms with Gasteiger partial charge < -0.3 is 10.6 Å². The molecular formula is C14H19FN2O. The van der Waals surface area contributed by atoms with Gasteiger partial charge in [-0.25, -0.2) is 4.39 Å². The van der Waals surface area contributed by atoms with Crippen molar-refractivity contribution in [3.05, 3.63) is 35.6 Å². The van der Waals surface area contributed by atoms with E-state index in [2.05, 4.69) is 0 Å². The molecule has 0 radical (unpaired) electrons. The van der Waals surface area contributed by atoms with Crippen LogP contribution in [0.1, 0.15) is 25.3 Å². The van der Waals surface area contributed by atoms with Crippen LogP contribution >= 0.6 is 0 Å². The molecule has 18 heavy (non-hydrogen) atoms. The average Bonchev–Trinajstić information content (AvgIpc) is 2.35. The molecule has 1 aliphatic heterocycles. The van der Waals surface area contributed by atoms with E-state index in [4.69, 9.17) is 5.73 Å². The van der Waals surface area contributed by atoms with Crippen molar-refractivity contribution >= 4 is 5.91 Å². The van der Waals surface area contributed by atoms with Crippen LogP contribution in [-0.2, 0) is 11.2 Å². The fraction of sp³-hybridized carbons (Fsp3) is 0.500. The van der Waals surface area contributed by atoms with Crippen molar-refractivity contribution in [2.24, 2.45) is 5.73 Å². The number of rotatable bonds is 3. The normalized spacial score (nSPS) is 22.1. The van der Waals surface area contributed by atoms with Crippen LogP contribution in [0.5, 0.6) is 0 Å². The summed E-state index contributed by atoms with van der Waals surface area (Å²) in [5.41, 5.74) is 6.82. The highest BCUT2D eigenvalue weighted by atomic mass is 19.1. The molecule has 1 heterocycles. The molecule has 1 saturated heterocycles. The molecule has 0 saturated carbocycles. The van der Waals surface area contributed by atoms with Gasteiger partial charge in [0, 0.05) is 12.6 Å². The number of benzene rings is 1. The van der Waals surface area contributed by atoms with Gasteiger partial charge in [0.25, 0.3) is 0 Å². The summed E-state index contributed by atoms with van der Waals surface area (Å²) in [6.45, 7) is 2.79. The molecule has 2 rings (SSSR count). The van der Waals surface area contributed by atoms with Crippen molar-refractivity contribution in [3.63, 3.8) is 0 Å². The van der Waals surface area contributed by atoms with Gasteiger partial charge in [0.15, 0.2) is 0 Å². The van der Waals surface area contributed by atoms with Gasteiger partial charge in [-0.2, -0.15) is 0 Å². The van der Waals surface area contributed by atoms with Crippen molar-refractivity contribution in [3.8, 4) is 0 Å². The summed E-state index contributed by atoms with van der Waals surface area (Å²) in [6.07, 6.45) is 2.47. The van der Waals surface area contributed by atoms with Crippen molar-refractivity contribution in [2.75, 3.05) is 6.54 Å². The Morgan fingerprint density at radius 3 is 2.78 bits per heavy atom. The van der Waals surface area contributed by atoms with Crippen LogP contribution in [0.4, 0.5) is 4.39 Å². The summed E-state index contributed by atoms with van der Waals surface area (Å²) < 4.78 is 12.8. The quantitative estimate of drug-likeness (QED) is 0.887. The molecule has 4 heteroatoms. The molecule has 0 bridgehead atoms. The Morgan fingerprint density at radius 1 is 1.44 bits per heavy atom. The van der Waals surface area contributed by atoms with Crippen LogP contribution in [0.3, 0.4) is 0 Å². The molecule has 2 N–H and O–H groups in total.